The fourth-order valence-electron chi connectivity index (χ4n) is 1.52. The lowest BCUT2D eigenvalue weighted by Crippen LogP contribution is -2.39. The summed E-state index contributed by atoms with van der Waals surface area (Å²) in [6.45, 7) is 4.30. The Bertz CT molecular complexity index is 179. The molecule has 1 fully saturated rings. The molecule has 1 amide bonds. The Morgan fingerprint density at radius 1 is 1.43 bits per heavy atom. The number of likely N-dealkylation sites (tertiary alicyclic amines) is 1. The average molecular weight is 200 g/mol. The molecule has 2 N–H and O–H groups in total. The molecule has 14 heavy (non-hydrogen) atoms. The van der Waals surface area contributed by atoms with Crippen LogP contribution in [0.25, 0.3) is 0 Å². The van der Waals surface area contributed by atoms with Crippen LogP contribution in [0.5, 0.6) is 0 Å². The molecule has 0 aromatic heterocycles. The van der Waals surface area contributed by atoms with Gasteiger partial charge >= 0.3 is 0 Å². The van der Waals surface area contributed by atoms with Gasteiger partial charge in [0.2, 0.25) is 5.91 Å². The van der Waals surface area contributed by atoms with Crippen LogP contribution in [0.1, 0.15) is 26.2 Å². The predicted octanol–water partition coefficient (Wildman–Crippen LogP) is 0.363. The van der Waals surface area contributed by atoms with Crippen LogP contribution in [0.2, 0.25) is 0 Å². The number of hydrogen-bond donors (Lipinski definition) is 1. The summed E-state index contributed by atoms with van der Waals surface area (Å²) >= 11 is 0. The Morgan fingerprint density at radius 2 is 2.07 bits per heavy atom. The lowest BCUT2D eigenvalue weighted by atomic mass is 10.1. The van der Waals surface area contributed by atoms with E-state index in [0.717, 1.165) is 25.9 Å². The second kappa shape index (κ2) is 5.98. The fraction of sp³-hybridized carbons (Fsp3) is 0.900. The molecular formula is C10H20N2O2. The van der Waals surface area contributed by atoms with Gasteiger partial charge in [0, 0.05) is 19.6 Å². The third-order valence-corrected chi connectivity index (χ3v) is 2.53. The van der Waals surface area contributed by atoms with Crippen molar-refractivity contribution in [2.24, 2.45) is 5.73 Å². The van der Waals surface area contributed by atoms with Gasteiger partial charge in [-0.2, -0.15) is 0 Å². The quantitative estimate of drug-likeness (QED) is 0.713. The Kier molecular flexibility index (Phi) is 4.90. The first-order chi connectivity index (χ1) is 6.74. The summed E-state index contributed by atoms with van der Waals surface area (Å²) in [5, 5.41) is 0. The maximum absolute atomic E-state index is 11.6. The largest absolute Gasteiger partial charge is 0.367 e. The van der Waals surface area contributed by atoms with Gasteiger partial charge in [-0.05, 0) is 26.2 Å². The summed E-state index contributed by atoms with van der Waals surface area (Å²) in [5.41, 5.74) is 5.39. The summed E-state index contributed by atoms with van der Waals surface area (Å²) in [6, 6.07) is 0. The monoisotopic (exact) mass is 200 g/mol. The molecule has 1 atom stereocenters. The van der Waals surface area contributed by atoms with Gasteiger partial charge in [0.05, 0.1) is 6.10 Å². The minimum absolute atomic E-state index is 0.0243. The SMILES string of the molecule is CC(CN)OCC(=O)N1CCCCC1. The third kappa shape index (κ3) is 3.64. The molecule has 1 heterocycles. The van der Waals surface area contributed by atoms with Crippen LogP contribution in [0, 0.1) is 0 Å². The van der Waals surface area contributed by atoms with Gasteiger partial charge in [-0.1, -0.05) is 0 Å². The standard InChI is InChI=1S/C10H20N2O2/c1-9(7-11)14-8-10(13)12-5-3-2-4-6-12/h9H,2-8,11H2,1H3. The van der Waals surface area contributed by atoms with E-state index in [-0.39, 0.29) is 18.6 Å². The summed E-state index contributed by atoms with van der Waals surface area (Å²) in [7, 11) is 0. The van der Waals surface area contributed by atoms with Crippen molar-refractivity contribution >= 4 is 5.91 Å². The zero-order valence-electron chi connectivity index (χ0n) is 8.87. The highest BCUT2D eigenvalue weighted by atomic mass is 16.5. The lowest BCUT2D eigenvalue weighted by molar-refractivity contribution is -0.138. The van der Waals surface area contributed by atoms with E-state index >= 15 is 0 Å². The molecule has 0 aromatic carbocycles. The molecule has 4 nitrogen and oxygen atoms in total. The molecule has 0 radical (unpaired) electrons. The summed E-state index contributed by atoms with van der Waals surface area (Å²) in [4.78, 5) is 13.5. The molecule has 0 aliphatic carbocycles. The minimum atomic E-state index is -0.0243. The summed E-state index contributed by atoms with van der Waals surface area (Å²) < 4.78 is 5.29. The van der Waals surface area contributed by atoms with Crippen LogP contribution < -0.4 is 5.73 Å². The average Bonchev–Trinajstić information content (AvgIpc) is 2.26. The predicted molar refractivity (Wildman–Crippen MR) is 54.9 cm³/mol. The summed E-state index contributed by atoms with van der Waals surface area (Å²) in [6.07, 6.45) is 3.46. The maximum Gasteiger partial charge on any atom is 0.248 e. The van der Waals surface area contributed by atoms with Gasteiger partial charge in [0.15, 0.2) is 0 Å². The normalized spacial score (nSPS) is 19.4. The van der Waals surface area contributed by atoms with E-state index in [0.29, 0.717) is 6.54 Å². The van der Waals surface area contributed by atoms with Gasteiger partial charge in [-0.3, -0.25) is 4.79 Å². The first-order valence-electron chi connectivity index (χ1n) is 5.33. The van der Waals surface area contributed by atoms with Crippen LogP contribution >= 0.6 is 0 Å². The molecule has 1 aliphatic heterocycles. The number of carbonyl (C=O) groups excluding carboxylic acids is 1. The first kappa shape index (κ1) is 11.5. The van der Waals surface area contributed by atoms with E-state index in [9.17, 15) is 4.79 Å². The van der Waals surface area contributed by atoms with Crippen molar-refractivity contribution in [1.82, 2.24) is 4.90 Å². The van der Waals surface area contributed by atoms with Gasteiger partial charge in [0.25, 0.3) is 0 Å². The molecule has 1 aliphatic rings. The minimum Gasteiger partial charge on any atom is -0.367 e. The Labute approximate surface area is 85.4 Å². The second-order valence-electron chi connectivity index (χ2n) is 3.80. The number of amides is 1. The fourth-order valence-corrected chi connectivity index (χ4v) is 1.52. The lowest BCUT2D eigenvalue weighted by Gasteiger charge is -2.27. The zero-order chi connectivity index (χ0) is 10.4. The van der Waals surface area contributed by atoms with Crippen molar-refractivity contribution in [2.75, 3.05) is 26.2 Å². The summed E-state index contributed by atoms with van der Waals surface area (Å²) in [5.74, 6) is 0.102. The van der Waals surface area contributed by atoms with Crippen molar-refractivity contribution in [3.63, 3.8) is 0 Å². The molecule has 0 aromatic rings. The van der Waals surface area contributed by atoms with E-state index in [2.05, 4.69) is 0 Å². The van der Waals surface area contributed by atoms with Gasteiger partial charge in [0.1, 0.15) is 6.61 Å². The maximum atomic E-state index is 11.6. The highest BCUT2D eigenvalue weighted by Crippen LogP contribution is 2.08. The van der Waals surface area contributed by atoms with Crippen LogP contribution in [-0.4, -0.2) is 43.2 Å². The number of piperidine rings is 1. The number of ether oxygens (including phenoxy) is 1. The van der Waals surface area contributed by atoms with Gasteiger partial charge in [-0.25, -0.2) is 0 Å². The van der Waals surface area contributed by atoms with E-state index in [1.807, 2.05) is 11.8 Å². The molecule has 1 saturated heterocycles. The highest BCUT2D eigenvalue weighted by Gasteiger charge is 2.16. The molecule has 4 heteroatoms. The highest BCUT2D eigenvalue weighted by molar-refractivity contribution is 5.77. The van der Waals surface area contributed by atoms with Crippen molar-refractivity contribution in [3.05, 3.63) is 0 Å². The Morgan fingerprint density at radius 3 is 2.64 bits per heavy atom. The zero-order valence-corrected chi connectivity index (χ0v) is 8.87. The van der Waals surface area contributed by atoms with E-state index < -0.39 is 0 Å². The second-order valence-corrected chi connectivity index (χ2v) is 3.80. The van der Waals surface area contributed by atoms with Crippen molar-refractivity contribution in [3.8, 4) is 0 Å². The molecular weight excluding hydrogens is 180 g/mol. The van der Waals surface area contributed by atoms with Crippen LogP contribution in [-0.2, 0) is 9.53 Å². The van der Waals surface area contributed by atoms with E-state index in [4.69, 9.17) is 10.5 Å². The number of rotatable bonds is 4. The van der Waals surface area contributed by atoms with Crippen LogP contribution in [0.15, 0.2) is 0 Å². The third-order valence-electron chi connectivity index (χ3n) is 2.53. The molecule has 1 rings (SSSR count). The Hall–Kier alpha value is -0.610. The van der Waals surface area contributed by atoms with Crippen molar-refractivity contribution in [2.45, 2.75) is 32.3 Å². The Balaban J connectivity index is 2.19. The molecule has 0 spiro atoms. The van der Waals surface area contributed by atoms with Crippen LogP contribution in [0.4, 0.5) is 0 Å². The van der Waals surface area contributed by atoms with Crippen molar-refractivity contribution < 1.29 is 9.53 Å². The number of hydrogen-bond acceptors (Lipinski definition) is 3. The molecule has 82 valence electrons. The molecule has 0 bridgehead atoms. The van der Waals surface area contributed by atoms with E-state index in [1.165, 1.54) is 6.42 Å². The van der Waals surface area contributed by atoms with Crippen molar-refractivity contribution in [1.29, 1.82) is 0 Å². The smallest absolute Gasteiger partial charge is 0.248 e. The van der Waals surface area contributed by atoms with E-state index in [1.54, 1.807) is 0 Å². The molecule has 0 saturated carbocycles. The first-order valence-corrected chi connectivity index (χ1v) is 5.33. The number of nitrogens with zero attached hydrogens (tertiary/aromatic N) is 1. The van der Waals surface area contributed by atoms with Gasteiger partial charge in [-0.15, -0.1) is 0 Å². The topological polar surface area (TPSA) is 55.6 Å². The van der Waals surface area contributed by atoms with Crippen LogP contribution in [0.3, 0.4) is 0 Å². The number of nitrogens with two attached hydrogens (primary N) is 1. The van der Waals surface area contributed by atoms with Gasteiger partial charge < -0.3 is 15.4 Å². The molecule has 1 unspecified atom stereocenters. The number of carbonyl (C=O) groups is 1.